The van der Waals surface area contributed by atoms with Gasteiger partial charge in [0.25, 0.3) is 0 Å². The summed E-state index contributed by atoms with van der Waals surface area (Å²) in [5.41, 5.74) is 1.38. The van der Waals surface area contributed by atoms with E-state index in [0.717, 1.165) is 28.9 Å². The highest BCUT2D eigenvalue weighted by Crippen LogP contribution is 2.05. The summed E-state index contributed by atoms with van der Waals surface area (Å²) < 4.78 is 0.914. The summed E-state index contributed by atoms with van der Waals surface area (Å²) in [6, 6.07) is 14.4. The van der Waals surface area contributed by atoms with Crippen molar-refractivity contribution in [3.05, 3.63) is 51.7 Å². The summed E-state index contributed by atoms with van der Waals surface area (Å²) in [4.78, 5) is 0. The first-order chi connectivity index (χ1) is 8.34. The van der Waals surface area contributed by atoms with Crippen LogP contribution in [0.5, 0.6) is 0 Å². The first kappa shape index (κ1) is 12.3. The molecular weight excluding hydrogens is 325 g/mol. The first-order valence-corrected chi connectivity index (χ1v) is 6.69. The van der Waals surface area contributed by atoms with E-state index in [-0.39, 0.29) is 0 Å². The van der Waals surface area contributed by atoms with Gasteiger partial charge in [0.1, 0.15) is 9.52 Å². The van der Waals surface area contributed by atoms with E-state index in [1.807, 2.05) is 18.2 Å². The molecule has 88 valence electrons. The molecule has 0 atom stereocenters. The number of hydrogen-bond donors (Lipinski definition) is 1. The zero-order valence-corrected chi connectivity index (χ0v) is 11.6. The number of anilines is 1. The van der Waals surface area contributed by atoms with E-state index < -0.39 is 0 Å². The molecule has 0 spiro atoms. The smallest absolute Gasteiger partial charge is 0.148 e. The molecule has 1 heterocycles. The summed E-state index contributed by atoms with van der Waals surface area (Å²) >= 11 is 2.15. The third-order valence-corrected chi connectivity index (χ3v) is 3.00. The summed E-state index contributed by atoms with van der Waals surface area (Å²) in [7, 11) is 0. The minimum absolute atomic E-state index is 0.846. The van der Waals surface area contributed by atoms with Crippen LogP contribution < -0.4 is 5.32 Å². The maximum atomic E-state index is 4.05. The molecule has 0 radical (unpaired) electrons. The lowest BCUT2D eigenvalue weighted by Crippen LogP contribution is -2.05. The Balaban J connectivity index is 1.71. The average molecular weight is 339 g/mol. The Kier molecular flexibility index (Phi) is 4.73. The average Bonchev–Trinajstić information content (AvgIpc) is 2.38. The molecule has 0 unspecified atom stereocenters. The number of nitrogens with one attached hydrogen (secondary N) is 1. The molecule has 0 bridgehead atoms. The number of hydrogen-bond acceptors (Lipinski definition) is 3. The monoisotopic (exact) mass is 339 g/mol. The third-order valence-electron chi connectivity index (χ3n) is 2.42. The highest BCUT2D eigenvalue weighted by molar-refractivity contribution is 14.1. The lowest BCUT2D eigenvalue weighted by molar-refractivity contribution is 0.852. The number of halogens is 1. The van der Waals surface area contributed by atoms with Gasteiger partial charge in [0.15, 0.2) is 0 Å². The van der Waals surface area contributed by atoms with Gasteiger partial charge in [-0.3, -0.25) is 0 Å². The predicted molar refractivity (Wildman–Crippen MR) is 78.0 cm³/mol. The van der Waals surface area contributed by atoms with Gasteiger partial charge in [-0.1, -0.05) is 30.3 Å². The van der Waals surface area contributed by atoms with Crippen molar-refractivity contribution in [2.24, 2.45) is 0 Å². The van der Waals surface area contributed by atoms with Crippen molar-refractivity contribution < 1.29 is 0 Å². The van der Waals surface area contributed by atoms with Crippen molar-refractivity contribution in [2.45, 2.75) is 12.8 Å². The van der Waals surface area contributed by atoms with Gasteiger partial charge in [-0.25, -0.2) is 0 Å². The van der Waals surface area contributed by atoms with Crippen LogP contribution in [0.3, 0.4) is 0 Å². The van der Waals surface area contributed by atoms with E-state index in [1.54, 1.807) is 0 Å². The minimum Gasteiger partial charge on any atom is -0.369 e. The number of nitrogens with zero attached hydrogens (tertiary/aromatic N) is 2. The lowest BCUT2D eigenvalue weighted by Gasteiger charge is -2.04. The van der Waals surface area contributed by atoms with Crippen molar-refractivity contribution in [2.75, 3.05) is 11.9 Å². The standard InChI is InChI=1S/C13H14IN3/c14-12-8-9-13(17-16-12)15-10-4-7-11-5-2-1-3-6-11/h1-3,5-6,8-9H,4,7,10H2,(H,15,17). The zero-order chi connectivity index (χ0) is 11.9. The number of rotatable bonds is 5. The second-order valence-electron chi connectivity index (χ2n) is 3.76. The Bertz CT molecular complexity index is 442. The van der Waals surface area contributed by atoms with Crippen molar-refractivity contribution in [3.8, 4) is 0 Å². The zero-order valence-electron chi connectivity index (χ0n) is 9.44. The SMILES string of the molecule is Ic1ccc(NCCCc2ccccc2)nn1. The van der Waals surface area contributed by atoms with E-state index in [2.05, 4.69) is 62.4 Å². The molecule has 2 aromatic rings. The van der Waals surface area contributed by atoms with Crippen LogP contribution in [0.2, 0.25) is 0 Å². The van der Waals surface area contributed by atoms with Gasteiger partial charge < -0.3 is 5.32 Å². The molecule has 0 aliphatic heterocycles. The van der Waals surface area contributed by atoms with Gasteiger partial charge in [-0.15, -0.1) is 10.2 Å². The van der Waals surface area contributed by atoms with Crippen LogP contribution in [0, 0.1) is 3.70 Å². The Labute approximate surface area is 115 Å². The fourth-order valence-corrected chi connectivity index (χ4v) is 1.85. The Morgan fingerprint density at radius 3 is 2.53 bits per heavy atom. The van der Waals surface area contributed by atoms with Crippen molar-refractivity contribution in [3.63, 3.8) is 0 Å². The Morgan fingerprint density at radius 1 is 1.00 bits per heavy atom. The second kappa shape index (κ2) is 6.54. The molecule has 0 fully saturated rings. The quantitative estimate of drug-likeness (QED) is 0.672. The number of aromatic nitrogens is 2. The van der Waals surface area contributed by atoms with Gasteiger partial charge in [-0.05, 0) is 53.1 Å². The first-order valence-electron chi connectivity index (χ1n) is 5.61. The maximum Gasteiger partial charge on any atom is 0.148 e. The molecule has 17 heavy (non-hydrogen) atoms. The molecule has 0 saturated heterocycles. The summed E-state index contributed by atoms with van der Waals surface area (Å²) in [6.45, 7) is 0.921. The predicted octanol–water partition coefficient (Wildman–Crippen LogP) is 3.13. The summed E-state index contributed by atoms with van der Waals surface area (Å²) in [5, 5.41) is 11.3. The van der Waals surface area contributed by atoms with Crippen molar-refractivity contribution >= 4 is 28.4 Å². The van der Waals surface area contributed by atoms with Crippen LogP contribution >= 0.6 is 22.6 Å². The fourth-order valence-electron chi connectivity index (χ4n) is 1.56. The van der Waals surface area contributed by atoms with E-state index >= 15 is 0 Å². The molecule has 3 nitrogen and oxygen atoms in total. The molecular formula is C13H14IN3. The Hall–Kier alpha value is -1.17. The van der Waals surface area contributed by atoms with E-state index in [4.69, 9.17) is 0 Å². The summed E-state index contributed by atoms with van der Waals surface area (Å²) in [5.74, 6) is 0.846. The molecule has 0 saturated carbocycles. The second-order valence-corrected chi connectivity index (χ2v) is 4.86. The van der Waals surface area contributed by atoms with Crippen LogP contribution in [0.1, 0.15) is 12.0 Å². The summed E-state index contributed by atoms with van der Waals surface area (Å²) in [6.07, 6.45) is 2.18. The lowest BCUT2D eigenvalue weighted by atomic mass is 10.1. The van der Waals surface area contributed by atoms with Gasteiger partial charge in [0, 0.05) is 6.54 Å². The van der Waals surface area contributed by atoms with Crippen molar-refractivity contribution in [1.82, 2.24) is 10.2 Å². The molecule has 0 aliphatic carbocycles. The largest absolute Gasteiger partial charge is 0.369 e. The molecule has 0 aliphatic rings. The van der Waals surface area contributed by atoms with Gasteiger partial charge in [0.05, 0.1) is 0 Å². The Morgan fingerprint density at radius 2 is 1.82 bits per heavy atom. The normalized spacial score (nSPS) is 10.2. The van der Waals surface area contributed by atoms with Crippen LogP contribution in [0.15, 0.2) is 42.5 Å². The van der Waals surface area contributed by atoms with E-state index in [1.165, 1.54) is 5.56 Å². The highest BCUT2D eigenvalue weighted by Gasteiger charge is 1.95. The van der Waals surface area contributed by atoms with Crippen LogP contribution in [-0.4, -0.2) is 16.7 Å². The molecule has 1 N–H and O–H groups in total. The molecule has 2 rings (SSSR count). The molecule has 0 amide bonds. The molecule has 1 aromatic carbocycles. The molecule has 4 heteroatoms. The van der Waals surface area contributed by atoms with Gasteiger partial charge in [-0.2, -0.15) is 0 Å². The topological polar surface area (TPSA) is 37.8 Å². The maximum absolute atomic E-state index is 4.05. The van der Waals surface area contributed by atoms with E-state index in [9.17, 15) is 0 Å². The number of aryl methyl sites for hydroxylation is 1. The minimum atomic E-state index is 0.846. The van der Waals surface area contributed by atoms with Crippen LogP contribution in [-0.2, 0) is 6.42 Å². The van der Waals surface area contributed by atoms with Crippen molar-refractivity contribution in [1.29, 1.82) is 0 Å². The third kappa shape index (κ3) is 4.30. The molecule has 1 aromatic heterocycles. The highest BCUT2D eigenvalue weighted by atomic mass is 127. The fraction of sp³-hybridized carbons (Fsp3) is 0.231. The van der Waals surface area contributed by atoms with Gasteiger partial charge >= 0.3 is 0 Å². The van der Waals surface area contributed by atoms with Gasteiger partial charge in [0.2, 0.25) is 0 Å². The van der Waals surface area contributed by atoms with Crippen LogP contribution in [0.25, 0.3) is 0 Å². The van der Waals surface area contributed by atoms with E-state index in [0.29, 0.717) is 0 Å². The van der Waals surface area contributed by atoms with Crippen LogP contribution in [0.4, 0.5) is 5.82 Å². The number of benzene rings is 1.